The first kappa shape index (κ1) is 26.5. The normalized spacial score (nSPS) is 13.3. The molecule has 0 aromatic carbocycles. The largest absolute Gasteiger partial charge is 0.481 e. The molecule has 0 aliphatic rings. The highest BCUT2D eigenvalue weighted by Crippen LogP contribution is 2.01. The van der Waals surface area contributed by atoms with Crippen molar-refractivity contribution >= 4 is 35.6 Å². The summed E-state index contributed by atoms with van der Waals surface area (Å²) < 4.78 is 0. The van der Waals surface area contributed by atoms with E-state index >= 15 is 0 Å². The first-order chi connectivity index (χ1) is 14.0. The number of nitrogens with one attached hydrogen (secondary N) is 5. The molecule has 0 rings (SSSR count). The van der Waals surface area contributed by atoms with Crippen LogP contribution in [0, 0.1) is 5.41 Å². The minimum absolute atomic E-state index is 0.0685. The van der Waals surface area contributed by atoms with E-state index in [9.17, 15) is 34.2 Å². The summed E-state index contributed by atoms with van der Waals surface area (Å²) in [4.78, 5) is 58.2. The maximum atomic E-state index is 12.4. The Hall–Kier alpha value is -3.46. The maximum Gasteiger partial charge on any atom is 0.326 e. The molecular weight excluding hydrogens is 406 g/mol. The van der Waals surface area contributed by atoms with Crippen LogP contribution in [-0.2, 0) is 24.0 Å². The number of carbonyl (C=O) groups excluding carboxylic acids is 3. The van der Waals surface area contributed by atoms with Gasteiger partial charge in [-0.1, -0.05) is 0 Å². The van der Waals surface area contributed by atoms with Gasteiger partial charge in [-0.15, -0.1) is 0 Å². The molecule has 0 unspecified atom stereocenters. The Morgan fingerprint density at radius 3 is 1.97 bits per heavy atom. The molecule has 15 nitrogen and oxygen atoms in total. The number of carboxylic acids is 2. The lowest BCUT2D eigenvalue weighted by Crippen LogP contribution is -2.57. The highest BCUT2D eigenvalue weighted by molar-refractivity contribution is 5.95. The lowest BCUT2D eigenvalue weighted by atomic mass is 10.1. The van der Waals surface area contributed by atoms with Crippen molar-refractivity contribution in [2.75, 3.05) is 19.7 Å². The predicted octanol–water partition coefficient (Wildman–Crippen LogP) is -4.79. The maximum absolute atomic E-state index is 12.4. The van der Waals surface area contributed by atoms with E-state index in [1.54, 1.807) is 0 Å². The number of aliphatic carboxylic acids is 2. The number of guanidine groups is 1. The van der Waals surface area contributed by atoms with E-state index in [1.165, 1.54) is 0 Å². The second-order valence-electron chi connectivity index (χ2n) is 6.05. The van der Waals surface area contributed by atoms with Gasteiger partial charge in [0.2, 0.25) is 17.7 Å². The summed E-state index contributed by atoms with van der Waals surface area (Å²) in [5, 5.41) is 43.1. The summed E-state index contributed by atoms with van der Waals surface area (Å²) in [7, 11) is 0. The first-order valence-corrected chi connectivity index (χ1v) is 8.75. The lowest BCUT2D eigenvalue weighted by molar-refractivity contribution is -0.143. The summed E-state index contributed by atoms with van der Waals surface area (Å²) in [5.74, 6) is -6.07. The van der Waals surface area contributed by atoms with Gasteiger partial charge in [0.25, 0.3) is 0 Å². The Morgan fingerprint density at radius 1 is 0.933 bits per heavy atom. The number of carbonyl (C=O) groups is 5. The second-order valence-corrected chi connectivity index (χ2v) is 6.05. The quantitative estimate of drug-likeness (QED) is 0.0705. The van der Waals surface area contributed by atoms with Crippen molar-refractivity contribution in [2.24, 2.45) is 11.5 Å². The molecule has 0 aromatic rings. The summed E-state index contributed by atoms with van der Waals surface area (Å²) in [6.45, 7) is -1.15. The van der Waals surface area contributed by atoms with Crippen molar-refractivity contribution in [3.05, 3.63) is 0 Å². The molecule has 0 aliphatic carbocycles. The lowest BCUT2D eigenvalue weighted by Gasteiger charge is -2.23. The molecular formula is C15H27N7O8. The zero-order valence-electron chi connectivity index (χ0n) is 16.0. The zero-order chi connectivity index (χ0) is 23.3. The van der Waals surface area contributed by atoms with Crippen LogP contribution in [0.15, 0.2) is 0 Å². The van der Waals surface area contributed by atoms with Crippen LogP contribution in [0.2, 0.25) is 0 Å². The zero-order valence-corrected chi connectivity index (χ0v) is 16.0. The molecule has 0 aromatic heterocycles. The van der Waals surface area contributed by atoms with Crippen molar-refractivity contribution in [1.29, 1.82) is 5.41 Å². The van der Waals surface area contributed by atoms with Crippen LogP contribution >= 0.6 is 0 Å². The van der Waals surface area contributed by atoms with Gasteiger partial charge in [-0.2, -0.15) is 0 Å². The third kappa shape index (κ3) is 10.8. The first-order valence-electron chi connectivity index (χ1n) is 8.75. The van der Waals surface area contributed by atoms with Crippen LogP contribution < -0.4 is 32.7 Å². The van der Waals surface area contributed by atoms with Gasteiger partial charge >= 0.3 is 11.9 Å². The van der Waals surface area contributed by atoms with Crippen LogP contribution in [0.25, 0.3) is 0 Å². The minimum Gasteiger partial charge on any atom is -0.481 e. The van der Waals surface area contributed by atoms with Gasteiger partial charge in [0.15, 0.2) is 5.96 Å². The number of hydrogen-bond donors (Lipinski definition) is 10. The molecule has 0 fully saturated rings. The fourth-order valence-corrected chi connectivity index (χ4v) is 2.16. The number of amides is 3. The van der Waals surface area contributed by atoms with Crippen molar-refractivity contribution in [3.8, 4) is 0 Å². The van der Waals surface area contributed by atoms with E-state index in [2.05, 4.69) is 21.3 Å². The van der Waals surface area contributed by atoms with E-state index in [1.807, 2.05) is 0 Å². The molecule has 0 heterocycles. The van der Waals surface area contributed by atoms with Crippen molar-refractivity contribution in [3.63, 3.8) is 0 Å². The third-order valence-corrected chi connectivity index (χ3v) is 3.63. The van der Waals surface area contributed by atoms with Gasteiger partial charge in [0.05, 0.1) is 19.6 Å². The number of carboxylic acid groups (broad SMARTS) is 2. The molecule has 0 bridgehead atoms. The molecule has 0 saturated carbocycles. The van der Waals surface area contributed by atoms with Crippen LogP contribution in [-0.4, -0.2) is 88.8 Å². The highest BCUT2D eigenvalue weighted by atomic mass is 16.4. The number of aliphatic hydroxyl groups excluding tert-OH is 1. The summed E-state index contributed by atoms with van der Waals surface area (Å²) >= 11 is 0. The van der Waals surface area contributed by atoms with Gasteiger partial charge in [0, 0.05) is 6.54 Å². The van der Waals surface area contributed by atoms with E-state index in [0.29, 0.717) is 0 Å². The molecule has 15 heteroatoms. The van der Waals surface area contributed by atoms with E-state index in [4.69, 9.17) is 22.0 Å². The van der Waals surface area contributed by atoms with Gasteiger partial charge < -0.3 is 48.1 Å². The van der Waals surface area contributed by atoms with Crippen molar-refractivity contribution in [2.45, 2.75) is 37.4 Å². The van der Waals surface area contributed by atoms with E-state index < -0.39 is 67.4 Å². The SMILES string of the molecule is N=C(N)NCCC[C@H](NC(=O)[C@H](CC(=O)O)NC(=O)[C@H](CO)NC(=O)CN)C(=O)O. The van der Waals surface area contributed by atoms with Gasteiger partial charge in [-0.05, 0) is 12.8 Å². The Kier molecular flexibility index (Phi) is 12.1. The molecule has 3 amide bonds. The van der Waals surface area contributed by atoms with Gasteiger partial charge in [-0.25, -0.2) is 4.79 Å². The summed E-state index contributed by atoms with van der Waals surface area (Å²) in [6, 6.07) is -4.56. The Bertz CT molecular complexity index is 657. The number of aliphatic hydroxyl groups is 1. The van der Waals surface area contributed by atoms with Crippen LogP contribution in [0.1, 0.15) is 19.3 Å². The Morgan fingerprint density at radius 2 is 1.50 bits per heavy atom. The standard InChI is InChI=1S/C15H27N7O8/c16-5-10(24)20-9(6-23)13(28)22-8(4-11(25)26)12(27)21-7(14(29)30)2-1-3-19-15(17)18/h7-9,23H,1-6,16H2,(H,20,24)(H,21,27)(H,22,28)(H,25,26)(H,29,30)(H4,17,18,19)/t7-,8-,9-/m0/s1. The molecule has 12 N–H and O–H groups in total. The average Bonchev–Trinajstić information content (AvgIpc) is 2.66. The molecule has 0 spiro atoms. The molecule has 3 atom stereocenters. The molecule has 0 aliphatic heterocycles. The number of hydrogen-bond acceptors (Lipinski definition) is 8. The predicted molar refractivity (Wildman–Crippen MR) is 101 cm³/mol. The van der Waals surface area contributed by atoms with Crippen LogP contribution in [0.4, 0.5) is 0 Å². The molecule has 0 saturated heterocycles. The topological polar surface area (TPSA) is 270 Å². The second kappa shape index (κ2) is 13.7. The van der Waals surface area contributed by atoms with Gasteiger partial charge in [-0.3, -0.25) is 24.6 Å². The molecule has 0 radical (unpaired) electrons. The Labute approximate surface area is 171 Å². The van der Waals surface area contributed by atoms with Crippen molar-refractivity contribution < 1.29 is 39.3 Å². The van der Waals surface area contributed by atoms with Crippen molar-refractivity contribution in [1.82, 2.24) is 21.3 Å². The molecule has 170 valence electrons. The van der Waals surface area contributed by atoms with Gasteiger partial charge in [0.1, 0.15) is 18.1 Å². The number of nitrogens with two attached hydrogens (primary N) is 2. The van der Waals surface area contributed by atoms with Crippen LogP contribution in [0.5, 0.6) is 0 Å². The van der Waals surface area contributed by atoms with Crippen LogP contribution in [0.3, 0.4) is 0 Å². The smallest absolute Gasteiger partial charge is 0.326 e. The molecule has 30 heavy (non-hydrogen) atoms. The van der Waals surface area contributed by atoms with E-state index in [0.717, 1.165) is 0 Å². The van der Waals surface area contributed by atoms with E-state index in [-0.39, 0.29) is 25.3 Å². The summed E-state index contributed by atoms with van der Waals surface area (Å²) in [5.41, 5.74) is 10.2. The minimum atomic E-state index is -1.67. The fourth-order valence-electron chi connectivity index (χ4n) is 2.16. The summed E-state index contributed by atoms with van der Waals surface area (Å²) in [6.07, 6.45) is -0.732. The third-order valence-electron chi connectivity index (χ3n) is 3.63. The Balaban J connectivity index is 5.11. The monoisotopic (exact) mass is 433 g/mol. The highest BCUT2D eigenvalue weighted by Gasteiger charge is 2.30. The number of rotatable bonds is 14. The average molecular weight is 433 g/mol. The fraction of sp³-hybridized carbons (Fsp3) is 0.600.